The van der Waals surface area contributed by atoms with Gasteiger partial charge in [-0.25, -0.2) is 38.1 Å². The Bertz CT molecular complexity index is 1970. The van der Waals surface area contributed by atoms with Crippen LogP contribution in [0, 0.1) is 63.5 Å². The van der Waals surface area contributed by atoms with Crippen LogP contribution in [-0.2, 0) is 0 Å². The molecule has 0 aliphatic carbocycles. The highest BCUT2D eigenvalue weighted by atomic mass is 79.9. The number of benzene rings is 2. The molecular formula is C34H27BrF2N8. The summed E-state index contributed by atoms with van der Waals surface area (Å²) in [5, 5.41) is 8.81. The van der Waals surface area contributed by atoms with Crippen LogP contribution < -0.4 is 0 Å². The fourth-order valence-corrected chi connectivity index (χ4v) is 4.34. The van der Waals surface area contributed by atoms with E-state index < -0.39 is 0 Å². The minimum absolute atomic E-state index is 0.262. The highest BCUT2D eigenvalue weighted by Crippen LogP contribution is 2.18. The third kappa shape index (κ3) is 8.53. The van der Waals surface area contributed by atoms with E-state index in [-0.39, 0.29) is 11.6 Å². The molecule has 0 bridgehead atoms. The van der Waals surface area contributed by atoms with Crippen molar-refractivity contribution in [3.05, 3.63) is 142 Å². The summed E-state index contributed by atoms with van der Waals surface area (Å²) in [6.45, 7) is 7.59. The van der Waals surface area contributed by atoms with Crippen LogP contribution in [0.3, 0.4) is 0 Å². The average molecular weight is 666 g/mol. The molecule has 2 aromatic carbocycles. The molecule has 0 saturated heterocycles. The van der Waals surface area contributed by atoms with Crippen LogP contribution in [0.1, 0.15) is 39.7 Å². The van der Waals surface area contributed by atoms with Crippen molar-refractivity contribution < 1.29 is 8.78 Å². The lowest BCUT2D eigenvalue weighted by atomic mass is 10.2. The van der Waals surface area contributed by atoms with Gasteiger partial charge in [-0.1, -0.05) is 11.8 Å². The van der Waals surface area contributed by atoms with Gasteiger partial charge in [-0.3, -0.25) is 0 Å². The molecule has 11 heteroatoms. The highest BCUT2D eigenvalue weighted by molar-refractivity contribution is 9.10. The molecule has 0 radical (unpaired) electrons. The Morgan fingerprint density at radius 1 is 0.622 bits per heavy atom. The molecule has 8 nitrogen and oxygen atoms in total. The van der Waals surface area contributed by atoms with Gasteiger partial charge in [0.1, 0.15) is 11.6 Å². The Balaban J connectivity index is 0.000000174. The molecule has 0 atom stereocenters. The summed E-state index contributed by atoms with van der Waals surface area (Å²) in [5.41, 5.74) is 6.64. The number of terminal acetylenes is 1. The molecule has 6 rings (SSSR count). The van der Waals surface area contributed by atoms with Crippen molar-refractivity contribution in [2.45, 2.75) is 27.7 Å². The Morgan fingerprint density at radius 3 is 1.44 bits per heavy atom. The van der Waals surface area contributed by atoms with Crippen molar-refractivity contribution in [3.63, 3.8) is 0 Å². The number of nitrogens with zero attached hydrogens (tertiary/aromatic N) is 8. The van der Waals surface area contributed by atoms with Crippen LogP contribution in [0.15, 0.2) is 90.2 Å². The summed E-state index contributed by atoms with van der Waals surface area (Å²) < 4.78 is 29.9. The van der Waals surface area contributed by atoms with Gasteiger partial charge in [-0.2, -0.15) is 10.2 Å². The number of rotatable bonds is 2. The molecule has 0 unspecified atom stereocenters. The Hall–Kier alpha value is -5.52. The number of hydrogen-bond acceptors (Lipinski definition) is 6. The van der Waals surface area contributed by atoms with Crippen molar-refractivity contribution in [3.8, 4) is 35.6 Å². The summed E-state index contributed by atoms with van der Waals surface area (Å²) in [5.74, 6) is 8.54. The third-order valence-electron chi connectivity index (χ3n) is 6.27. The maximum atomic E-state index is 13.0. The van der Waals surface area contributed by atoms with Crippen molar-refractivity contribution in [1.82, 2.24) is 39.5 Å². The monoisotopic (exact) mass is 664 g/mol. The van der Waals surface area contributed by atoms with Gasteiger partial charge in [0, 0.05) is 24.8 Å². The lowest BCUT2D eigenvalue weighted by molar-refractivity contribution is 0.626. The Kier molecular flexibility index (Phi) is 11.0. The third-order valence-corrected chi connectivity index (χ3v) is 6.68. The largest absolute Gasteiger partial charge is 0.237 e. The highest BCUT2D eigenvalue weighted by Gasteiger charge is 2.12. The normalized spacial score (nSPS) is 9.91. The number of aryl methyl sites for hydroxylation is 2. The van der Waals surface area contributed by atoms with Gasteiger partial charge in [0.25, 0.3) is 0 Å². The molecule has 4 aromatic heterocycles. The maximum Gasteiger partial charge on any atom is 0.205 e. The summed E-state index contributed by atoms with van der Waals surface area (Å²) in [4.78, 5) is 15.7. The fraction of sp³-hybridized carbons (Fsp3) is 0.118. The molecule has 6 aromatic rings. The first-order valence-electron chi connectivity index (χ1n) is 13.5. The smallest absolute Gasteiger partial charge is 0.205 e. The van der Waals surface area contributed by atoms with Crippen molar-refractivity contribution in [2.24, 2.45) is 0 Å². The van der Waals surface area contributed by atoms with Crippen molar-refractivity contribution in [1.29, 1.82) is 0 Å². The summed E-state index contributed by atoms with van der Waals surface area (Å²) in [6, 6.07) is 15.9. The van der Waals surface area contributed by atoms with E-state index in [1.54, 1.807) is 70.5 Å². The van der Waals surface area contributed by atoms with Gasteiger partial charge in [0.05, 0.1) is 45.3 Å². The second-order valence-corrected chi connectivity index (χ2v) is 10.1. The van der Waals surface area contributed by atoms with Crippen LogP contribution in [0.4, 0.5) is 8.78 Å². The SMILES string of the molecule is Brc1ncccn1.C#Cc1c(C)nn(-c2ccc(F)cc2)c1C.Cc1nn(-c2ccc(F)cc2)c(C)c1C#Cc1ncccn1. The van der Waals surface area contributed by atoms with Gasteiger partial charge in [0.15, 0.2) is 4.73 Å². The standard InChI is InChI=1S/C17H13FN4.C13H11FN2.C4H3BrN2/c1-12-16(8-9-17-19-10-3-11-20-17)13(2)22(21-12)15-6-4-14(18)5-7-15;1-4-13-9(2)15-16(10(13)3)12-7-5-11(14)6-8-12;5-4-6-2-1-3-7-4/h3-7,10-11H,1-2H3;1,5-8H,2-3H3;1-3H. The van der Waals surface area contributed by atoms with Crippen molar-refractivity contribution in [2.75, 3.05) is 0 Å². The molecule has 0 saturated carbocycles. The fourth-order valence-electron chi connectivity index (χ4n) is 4.11. The van der Waals surface area contributed by atoms with Crippen molar-refractivity contribution >= 4 is 15.9 Å². The minimum atomic E-state index is -0.272. The van der Waals surface area contributed by atoms with Gasteiger partial charge >= 0.3 is 0 Å². The van der Waals surface area contributed by atoms with E-state index in [2.05, 4.69) is 63.8 Å². The Morgan fingerprint density at radius 2 is 1.04 bits per heavy atom. The molecule has 224 valence electrons. The predicted octanol–water partition coefficient (Wildman–Crippen LogP) is 6.67. The van der Waals surface area contributed by atoms with Gasteiger partial charge in [-0.05, 0) is 110 Å². The first-order chi connectivity index (χ1) is 21.7. The van der Waals surface area contributed by atoms with E-state index in [0.29, 0.717) is 10.6 Å². The van der Waals surface area contributed by atoms with Crippen LogP contribution in [-0.4, -0.2) is 39.5 Å². The molecule has 45 heavy (non-hydrogen) atoms. The van der Waals surface area contributed by atoms with Gasteiger partial charge < -0.3 is 0 Å². The van der Waals surface area contributed by atoms with Gasteiger partial charge in [0.2, 0.25) is 5.82 Å². The van der Waals surface area contributed by atoms with E-state index in [0.717, 1.165) is 45.3 Å². The molecular weight excluding hydrogens is 638 g/mol. The second kappa shape index (κ2) is 15.3. The van der Waals surface area contributed by atoms with Crippen LogP contribution in [0.2, 0.25) is 0 Å². The number of halogens is 3. The number of hydrogen-bond donors (Lipinski definition) is 0. The maximum absolute atomic E-state index is 13.0. The average Bonchev–Trinajstić information content (AvgIpc) is 3.50. The zero-order chi connectivity index (χ0) is 32.3. The zero-order valence-electron chi connectivity index (χ0n) is 24.9. The summed E-state index contributed by atoms with van der Waals surface area (Å²) >= 11 is 3.09. The molecule has 0 spiro atoms. The molecule has 0 aliphatic heterocycles. The predicted molar refractivity (Wildman–Crippen MR) is 172 cm³/mol. The van der Waals surface area contributed by atoms with Gasteiger partial charge in [-0.15, -0.1) is 6.42 Å². The minimum Gasteiger partial charge on any atom is -0.237 e. The topological polar surface area (TPSA) is 87.2 Å². The molecule has 0 N–H and O–H groups in total. The first-order valence-corrected chi connectivity index (χ1v) is 14.3. The van der Waals surface area contributed by atoms with Crippen LogP contribution in [0.25, 0.3) is 11.4 Å². The lowest BCUT2D eigenvalue weighted by Crippen LogP contribution is -1.99. The first kappa shape index (κ1) is 32.4. The second-order valence-electron chi connectivity index (χ2n) is 9.35. The molecule has 0 fully saturated rings. The molecule has 0 aliphatic rings. The Labute approximate surface area is 268 Å². The zero-order valence-corrected chi connectivity index (χ0v) is 26.5. The number of aromatic nitrogens is 8. The molecule has 4 heterocycles. The van der Waals surface area contributed by atoms with Crippen LogP contribution >= 0.6 is 15.9 Å². The summed E-state index contributed by atoms with van der Waals surface area (Å²) in [6.07, 6.45) is 12.1. The van der Waals surface area contributed by atoms with E-state index in [1.165, 1.54) is 24.3 Å². The molecule has 0 amide bonds. The van der Waals surface area contributed by atoms with E-state index >= 15 is 0 Å². The quantitative estimate of drug-likeness (QED) is 0.152. The summed E-state index contributed by atoms with van der Waals surface area (Å²) in [7, 11) is 0. The lowest BCUT2D eigenvalue weighted by Gasteiger charge is -2.03. The van der Waals surface area contributed by atoms with Crippen LogP contribution in [0.5, 0.6) is 0 Å². The van der Waals surface area contributed by atoms with E-state index in [9.17, 15) is 8.78 Å². The van der Waals surface area contributed by atoms with E-state index in [1.807, 2.05) is 27.7 Å². The van der Waals surface area contributed by atoms with E-state index in [4.69, 9.17) is 6.42 Å².